The Balaban J connectivity index is 2.42. The van der Waals surface area contributed by atoms with Crippen LogP contribution in [0.15, 0.2) is 36.4 Å². The summed E-state index contributed by atoms with van der Waals surface area (Å²) in [6.45, 7) is 1.68. The predicted molar refractivity (Wildman–Crippen MR) is 75.3 cm³/mol. The number of benzene rings is 2. The first-order valence-corrected chi connectivity index (χ1v) is 6.53. The van der Waals surface area contributed by atoms with Crippen LogP contribution in [0.2, 0.25) is 10.0 Å². The normalized spacial score (nSPS) is 12.5. The molecular formula is C14H10Cl3F. The molecular weight excluding hydrogens is 294 g/mol. The largest absolute Gasteiger partial charge is 0.207 e. The lowest BCUT2D eigenvalue weighted by atomic mass is 10.0. The van der Waals surface area contributed by atoms with Crippen molar-refractivity contribution in [2.45, 2.75) is 12.3 Å². The number of hydrogen-bond acceptors (Lipinski definition) is 0. The van der Waals surface area contributed by atoms with Crippen molar-refractivity contribution in [2.75, 3.05) is 0 Å². The highest BCUT2D eigenvalue weighted by molar-refractivity contribution is 6.33. The zero-order valence-electron chi connectivity index (χ0n) is 9.55. The van der Waals surface area contributed by atoms with Gasteiger partial charge in [-0.2, -0.15) is 0 Å². The second-order valence-electron chi connectivity index (χ2n) is 4.04. The van der Waals surface area contributed by atoms with Crippen molar-refractivity contribution >= 4 is 34.8 Å². The molecule has 0 nitrogen and oxygen atoms in total. The van der Waals surface area contributed by atoms with Gasteiger partial charge in [0.2, 0.25) is 0 Å². The SMILES string of the molecule is Cc1cc(C(Cl)c2ccc(Cl)cc2)c(Cl)cc1F. The lowest BCUT2D eigenvalue weighted by Gasteiger charge is -2.13. The zero-order chi connectivity index (χ0) is 13.3. The summed E-state index contributed by atoms with van der Waals surface area (Å²) in [5.74, 6) is -0.330. The number of alkyl halides is 1. The molecule has 94 valence electrons. The smallest absolute Gasteiger partial charge is 0.127 e. The first-order chi connectivity index (χ1) is 8.49. The van der Waals surface area contributed by atoms with Gasteiger partial charge in [0.1, 0.15) is 5.82 Å². The minimum Gasteiger partial charge on any atom is -0.207 e. The Morgan fingerprint density at radius 2 is 1.67 bits per heavy atom. The van der Waals surface area contributed by atoms with E-state index < -0.39 is 5.38 Å². The summed E-state index contributed by atoms with van der Waals surface area (Å²) in [5.41, 5.74) is 2.09. The van der Waals surface area contributed by atoms with E-state index in [9.17, 15) is 4.39 Å². The average Bonchev–Trinajstić information content (AvgIpc) is 2.34. The van der Waals surface area contributed by atoms with Gasteiger partial charge in [-0.15, -0.1) is 11.6 Å². The minimum absolute atomic E-state index is 0.327. The fourth-order valence-corrected chi connectivity index (χ4v) is 2.45. The molecule has 0 saturated heterocycles. The van der Waals surface area contributed by atoms with Gasteiger partial charge in [-0.1, -0.05) is 35.3 Å². The molecule has 0 bridgehead atoms. The maximum absolute atomic E-state index is 13.3. The van der Waals surface area contributed by atoms with Gasteiger partial charge in [0.05, 0.1) is 5.38 Å². The molecule has 0 fully saturated rings. The Kier molecular flexibility index (Phi) is 4.16. The molecule has 0 N–H and O–H groups in total. The molecule has 1 unspecified atom stereocenters. The van der Waals surface area contributed by atoms with Crippen LogP contribution in [0.3, 0.4) is 0 Å². The molecule has 0 radical (unpaired) electrons. The van der Waals surface area contributed by atoms with Crippen LogP contribution in [0, 0.1) is 12.7 Å². The molecule has 0 aliphatic heterocycles. The van der Waals surface area contributed by atoms with Gasteiger partial charge in [-0.05, 0) is 47.9 Å². The Morgan fingerprint density at radius 3 is 2.28 bits per heavy atom. The van der Waals surface area contributed by atoms with E-state index in [0.717, 1.165) is 5.56 Å². The Bertz CT molecular complexity index is 564. The highest BCUT2D eigenvalue weighted by Crippen LogP contribution is 2.35. The zero-order valence-corrected chi connectivity index (χ0v) is 11.8. The van der Waals surface area contributed by atoms with Crippen LogP contribution in [0.25, 0.3) is 0 Å². The standard InChI is InChI=1S/C14H10Cl3F/c1-8-6-11(12(16)7-13(8)18)14(17)9-2-4-10(15)5-3-9/h2-7,14H,1H3. The fourth-order valence-electron chi connectivity index (χ4n) is 1.69. The Hall–Kier alpha value is -0.760. The highest BCUT2D eigenvalue weighted by Gasteiger charge is 2.16. The van der Waals surface area contributed by atoms with Crippen LogP contribution in [0.5, 0.6) is 0 Å². The average molecular weight is 304 g/mol. The molecule has 0 aliphatic carbocycles. The second-order valence-corrected chi connectivity index (χ2v) is 5.32. The topological polar surface area (TPSA) is 0 Å². The van der Waals surface area contributed by atoms with Crippen LogP contribution in [-0.4, -0.2) is 0 Å². The van der Waals surface area contributed by atoms with Crippen molar-refractivity contribution < 1.29 is 4.39 Å². The predicted octanol–water partition coefficient (Wildman–Crippen LogP) is 5.77. The molecule has 1 atom stereocenters. The van der Waals surface area contributed by atoms with E-state index in [1.54, 1.807) is 25.1 Å². The first kappa shape index (κ1) is 13.7. The second kappa shape index (κ2) is 5.48. The monoisotopic (exact) mass is 302 g/mol. The lowest BCUT2D eigenvalue weighted by Crippen LogP contribution is -1.96. The number of rotatable bonds is 2. The summed E-state index contributed by atoms with van der Waals surface area (Å²) in [6, 6.07) is 10.1. The fraction of sp³-hybridized carbons (Fsp3) is 0.143. The van der Waals surface area contributed by atoms with Crippen molar-refractivity contribution in [3.8, 4) is 0 Å². The number of halogens is 4. The van der Waals surface area contributed by atoms with Gasteiger partial charge in [-0.25, -0.2) is 4.39 Å². The molecule has 0 aliphatic rings. The first-order valence-electron chi connectivity index (χ1n) is 5.34. The van der Waals surface area contributed by atoms with Crippen molar-refractivity contribution in [1.82, 2.24) is 0 Å². The maximum Gasteiger partial charge on any atom is 0.127 e. The highest BCUT2D eigenvalue weighted by atomic mass is 35.5. The van der Waals surface area contributed by atoms with Gasteiger partial charge in [-0.3, -0.25) is 0 Å². The maximum atomic E-state index is 13.3. The van der Waals surface area contributed by atoms with E-state index in [1.807, 2.05) is 12.1 Å². The molecule has 4 heteroatoms. The molecule has 18 heavy (non-hydrogen) atoms. The molecule has 0 amide bonds. The Labute approximate surface area is 120 Å². The van der Waals surface area contributed by atoms with Crippen molar-refractivity contribution in [3.05, 3.63) is 69.0 Å². The summed E-state index contributed by atoms with van der Waals surface area (Å²) in [5, 5.41) is 0.547. The van der Waals surface area contributed by atoms with Gasteiger partial charge in [0, 0.05) is 10.0 Å². The molecule has 0 heterocycles. The van der Waals surface area contributed by atoms with Crippen LogP contribution >= 0.6 is 34.8 Å². The van der Waals surface area contributed by atoms with E-state index >= 15 is 0 Å². The minimum atomic E-state index is -0.422. The van der Waals surface area contributed by atoms with E-state index in [1.165, 1.54) is 6.07 Å². The van der Waals surface area contributed by atoms with E-state index in [0.29, 0.717) is 21.2 Å². The quantitative estimate of drug-likeness (QED) is 0.618. The van der Waals surface area contributed by atoms with Crippen LogP contribution in [-0.2, 0) is 0 Å². The Morgan fingerprint density at radius 1 is 1.06 bits per heavy atom. The molecule has 0 aromatic heterocycles. The molecule has 2 aromatic rings. The summed E-state index contributed by atoms with van der Waals surface area (Å²) >= 11 is 18.2. The van der Waals surface area contributed by atoms with Crippen LogP contribution in [0.1, 0.15) is 22.1 Å². The van der Waals surface area contributed by atoms with Crippen LogP contribution < -0.4 is 0 Å². The number of hydrogen-bond donors (Lipinski definition) is 0. The lowest BCUT2D eigenvalue weighted by molar-refractivity contribution is 0.618. The van der Waals surface area contributed by atoms with Crippen molar-refractivity contribution in [1.29, 1.82) is 0 Å². The van der Waals surface area contributed by atoms with E-state index in [2.05, 4.69) is 0 Å². The summed E-state index contributed by atoms with van der Waals surface area (Å²) in [6.07, 6.45) is 0. The van der Waals surface area contributed by atoms with Gasteiger partial charge >= 0.3 is 0 Å². The van der Waals surface area contributed by atoms with Gasteiger partial charge < -0.3 is 0 Å². The third-order valence-electron chi connectivity index (χ3n) is 2.71. The summed E-state index contributed by atoms with van der Waals surface area (Å²) < 4.78 is 13.3. The number of aryl methyl sites for hydroxylation is 1. The third-order valence-corrected chi connectivity index (χ3v) is 3.78. The van der Waals surface area contributed by atoms with Crippen LogP contribution in [0.4, 0.5) is 4.39 Å². The molecule has 0 spiro atoms. The molecule has 2 aromatic carbocycles. The third kappa shape index (κ3) is 2.80. The van der Waals surface area contributed by atoms with E-state index in [-0.39, 0.29) is 5.82 Å². The molecule has 2 rings (SSSR count). The van der Waals surface area contributed by atoms with Gasteiger partial charge in [0.25, 0.3) is 0 Å². The van der Waals surface area contributed by atoms with Crippen molar-refractivity contribution in [3.63, 3.8) is 0 Å². The summed E-state index contributed by atoms with van der Waals surface area (Å²) in [7, 11) is 0. The van der Waals surface area contributed by atoms with E-state index in [4.69, 9.17) is 34.8 Å². The molecule has 0 saturated carbocycles. The van der Waals surface area contributed by atoms with Crippen molar-refractivity contribution in [2.24, 2.45) is 0 Å². The van der Waals surface area contributed by atoms with Gasteiger partial charge in [0.15, 0.2) is 0 Å². The summed E-state index contributed by atoms with van der Waals surface area (Å²) in [4.78, 5) is 0.